The molecule has 20 heavy (non-hydrogen) atoms. The largest absolute Gasteiger partial charge is 0.494 e. The molecule has 2 aromatic carbocycles. The van der Waals surface area contributed by atoms with Crippen molar-refractivity contribution in [2.75, 3.05) is 18.2 Å². The molecule has 0 bridgehead atoms. The van der Waals surface area contributed by atoms with Crippen molar-refractivity contribution >= 4 is 32.4 Å². The van der Waals surface area contributed by atoms with Gasteiger partial charge in [0.1, 0.15) is 11.3 Å². The Labute approximate surface area is 121 Å². The van der Waals surface area contributed by atoms with Crippen LogP contribution in [-0.2, 0) is 6.54 Å². The molecule has 0 fully saturated rings. The van der Waals surface area contributed by atoms with Gasteiger partial charge in [0, 0.05) is 6.54 Å². The van der Waals surface area contributed by atoms with Gasteiger partial charge in [0.2, 0.25) is 0 Å². The lowest BCUT2D eigenvalue weighted by Gasteiger charge is -2.09. The summed E-state index contributed by atoms with van der Waals surface area (Å²) in [6.45, 7) is 0.764. The van der Waals surface area contributed by atoms with Crippen LogP contribution in [-0.4, -0.2) is 12.1 Å². The Hall–Kier alpha value is -2.27. The van der Waals surface area contributed by atoms with E-state index in [0.29, 0.717) is 5.13 Å². The van der Waals surface area contributed by atoms with Crippen molar-refractivity contribution in [1.82, 2.24) is 4.98 Å². The molecular formula is C15H15N3OS. The Bertz CT molecular complexity index is 725. The molecule has 0 spiro atoms. The van der Waals surface area contributed by atoms with Crippen molar-refractivity contribution in [3.05, 3.63) is 48.0 Å². The van der Waals surface area contributed by atoms with Crippen LogP contribution in [0.4, 0.5) is 10.8 Å². The first-order valence-electron chi connectivity index (χ1n) is 6.28. The van der Waals surface area contributed by atoms with Crippen LogP contribution in [0.5, 0.6) is 5.75 Å². The minimum atomic E-state index is 0.548. The van der Waals surface area contributed by atoms with Crippen LogP contribution >= 0.6 is 11.3 Å². The van der Waals surface area contributed by atoms with E-state index in [4.69, 9.17) is 10.5 Å². The molecule has 1 aromatic heterocycles. The minimum absolute atomic E-state index is 0.548. The quantitative estimate of drug-likeness (QED) is 0.770. The number of thiazole rings is 1. The Kier molecular flexibility index (Phi) is 3.43. The van der Waals surface area contributed by atoms with Gasteiger partial charge in [-0.1, -0.05) is 41.7 Å². The van der Waals surface area contributed by atoms with Crippen LogP contribution in [0, 0.1) is 0 Å². The number of methoxy groups -OCH3 is 1. The topological polar surface area (TPSA) is 60.2 Å². The van der Waals surface area contributed by atoms with Crippen molar-refractivity contribution in [1.29, 1.82) is 0 Å². The summed E-state index contributed by atoms with van der Waals surface area (Å²) >= 11 is 1.47. The number of anilines is 2. The second-order valence-electron chi connectivity index (χ2n) is 4.38. The molecule has 0 radical (unpaired) electrons. The molecule has 0 saturated heterocycles. The van der Waals surface area contributed by atoms with E-state index < -0.39 is 0 Å². The van der Waals surface area contributed by atoms with E-state index in [9.17, 15) is 0 Å². The van der Waals surface area contributed by atoms with E-state index in [1.165, 1.54) is 16.9 Å². The van der Waals surface area contributed by atoms with Gasteiger partial charge in [-0.05, 0) is 17.7 Å². The summed E-state index contributed by atoms with van der Waals surface area (Å²) in [6, 6.07) is 14.2. The van der Waals surface area contributed by atoms with Crippen LogP contribution in [0.1, 0.15) is 5.56 Å². The molecule has 0 atom stereocenters. The number of nitrogens with two attached hydrogens (primary N) is 1. The van der Waals surface area contributed by atoms with Crippen LogP contribution in [0.25, 0.3) is 10.2 Å². The molecule has 4 nitrogen and oxygen atoms in total. The molecule has 3 N–H and O–H groups in total. The number of benzene rings is 2. The SMILES string of the molecule is COc1ccc(NCc2ccccc2)c2sc(N)nc12. The lowest BCUT2D eigenvalue weighted by Crippen LogP contribution is -1.99. The van der Waals surface area contributed by atoms with E-state index in [2.05, 4.69) is 22.4 Å². The Morgan fingerprint density at radius 1 is 1.20 bits per heavy atom. The van der Waals surface area contributed by atoms with Gasteiger partial charge in [-0.3, -0.25) is 0 Å². The molecule has 0 aliphatic carbocycles. The highest BCUT2D eigenvalue weighted by molar-refractivity contribution is 7.22. The number of hydrogen-bond donors (Lipinski definition) is 2. The summed E-state index contributed by atoms with van der Waals surface area (Å²) in [5.41, 5.74) is 8.88. The predicted octanol–water partition coefficient (Wildman–Crippen LogP) is 3.50. The third-order valence-corrected chi connectivity index (χ3v) is 3.99. The maximum Gasteiger partial charge on any atom is 0.181 e. The van der Waals surface area contributed by atoms with Gasteiger partial charge in [0.25, 0.3) is 0 Å². The fourth-order valence-corrected chi connectivity index (χ4v) is 2.94. The molecule has 0 unspecified atom stereocenters. The van der Waals surface area contributed by atoms with Crippen molar-refractivity contribution in [3.63, 3.8) is 0 Å². The van der Waals surface area contributed by atoms with E-state index in [1.54, 1.807) is 7.11 Å². The predicted molar refractivity (Wildman–Crippen MR) is 84.4 cm³/mol. The maximum absolute atomic E-state index is 5.81. The van der Waals surface area contributed by atoms with Gasteiger partial charge in [-0.2, -0.15) is 0 Å². The zero-order valence-electron chi connectivity index (χ0n) is 11.1. The van der Waals surface area contributed by atoms with Crippen molar-refractivity contribution in [2.24, 2.45) is 0 Å². The molecule has 0 aliphatic heterocycles. The summed E-state index contributed by atoms with van der Waals surface area (Å²) < 4.78 is 6.35. The molecule has 3 aromatic rings. The highest BCUT2D eigenvalue weighted by Gasteiger charge is 2.11. The number of nitrogen functional groups attached to an aromatic ring is 1. The van der Waals surface area contributed by atoms with Gasteiger partial charge in [-0.15, -0.1) is 0 Å². The normalized spacial score (nSPS) is 10.7. The molecule has 5 heteroatoms. The third-order valence-electron chi connectivity index (χ3n) is 3.07. The second kappa shape index (κ2) is 5.38. The van der Waals surface area contributed by atoms with E-state index in [1.807, 2.05) is 30.3 Å². The fourth-order valence-electron chi connectivity index (χ4n) is 2.10. The monoisotopic (exact) mass is 285 g/mol. The third kappa shape index (κ3) is 2.40. The minimum Gasteiger partial charge on any atom is -0.494 e. The lowest BCUT2D eigenvalue weighted by molar-refractivity contribution is 0.419. The second-order valence-corrected chi connectivity index (χ2v) is 5.42. The van der Waals surface area contributed by atoms with Gasteiger partial charge < -0.3 is 15.8 Å². The van der Waals surface area contributed by atoms with E-state index in [-0.39, 0.29) is 0 Å². The van der Waals surface area contributed by atoms with Gasteiger partial charge in [0.15, 0.2) is 5.13 Å². The van der Waals surface area contributed by atoms with Crippen LogP contribution in [0.15, 0.2) is 42.5 Å². The zero-order chi connectivity index (χ0) is 13.9. The average molecular weight is 285 g/mol. The molecule has 0 amide bonds. The first-order valence-corrected chi connectivity index (χ1v) is 7.10. The molecule has 102 valence electrons. The van der Waals surface area contributed by atoms with Crippen molar-refractivity contribution in [3.8, 4) is 5.75 Å². The Morgan fingerprint density at radius 2 is 2.00 bits per heavy atom. The number of nitrogens with zero attached hydrogens (tertiary/aromatic N) is 1. The molecule has 0 saturated carbocycles. The number of ether oxygens (including phenoxy) is 1. The summed E-state index contributed by atoms with van der Waals surface area (Å²) in [5.74, 6) is 0.748. The molecule has 1 heterocycles. The van der Waals surface area contributed by atoms with E-state index in [0.717, 1.165) is 28.2 Å². The van der Waals surface area contributed by atoms with Crippen LogP contribution < -0.4 is 15.8 Å². The number of rotatable bonds is 4. The summed E-state index contributed by atoms with van der Waals surface area (Å²) in [7, 11) is 1.64. The summed E-state index contributed by atoms with van der Waals surface area (Å²) in [5, 5.41) is 3.98. The summed E-state index contributed by atoms with van der Waals surface area (Å²) in [6.07, 6.45) is 0. The van der Waals surface area contributed by atoms with Crippen LogP contribution in [0.2, 0.25) is 0 Å². The zero-order valence-corrected chi connectivity index (χ0v) is 11.9. The first-order chi connectivity index (χ1) is 9.78. The number of hydrogen-bond acceptors (Lipinski definition) is 5. The van der Waals surface area contributed by atoms with E-state index >= 15 is 0 Å². The average Bonchev–Trinajstić information content (AvgIpc) is 2.87. The summed E-state index contributed by atoms with van der Waals surface area (Å²) in [4.78, 5) is 4.33. The Balaban J connectivity index is 1.92. The highest BCUT2D eigenvalue weighted by atomic mass is 32.1. The fraction of sp³-hybridized carbons (Fsp3) is 0.133. The first kappa shape index (κ1) is 12.7. The van der Waals surface area contributed by atoms with Gasteiger partial charge in [-0.25, -0.2) is 4.98 Å². The number of fused-ring (bicyclic) bond motifs is 1. The molecular weight excluding hydrogens is 270 g/mol. The maximum atomic E-state index is 5.81. The standard InChI is InChI=1S/C15H15N3OS/c1-19-12-8-7-11(14-13(12)18-15(16)20-14)17-9-10-5-3-2-4-6-10/h2-8,17H,9H2,1H3,(H2,16,18). The molecule has 0 aliphatic rings. The highest BCUT2D eigenvalue weighted by Crippen LogP contribution is 2.36. The smallest absolute Gasteiger partial charge is 0.181 e. The van der Waals surface area contributed by atoms with Gasteiger partial charge in [0.05, 0.1) is 17.5 Å². The molecule has 3 rings (SSSR count). The van der Waals surface area contributed by atoms with Crippen molar-refractivity contribution < 1.29 is 4.74 Å². The lowest BCUT2D eigenvalue weighted by atomic mass is 10.2. The number of aromatic nitrogens is 1. The number of nitrogens with one attached hydrogen (secondary N) is 1. The van der Waals surface area contributed by atoms with Crippen LogP contribution in [0.3, 0.4) is 0 Å². The van der Waals surface area contributed by atoms with Gasteiger partial charge >= 0.3 is 0 Å². The van der Waals surface area contributed by atoms with Crippen molar-refractivity contribution in [2.45, 2.75) is 6.54 Å². The Morgan fingerprint density at radius 3 is 2.75 bits per heavy atom.